The van der Waals surface area contributed by atoms with E-state index in [-0.39, 0.29) is 0 Å². The van der Waals surface area contributed by atoms with Crippen molar-refractivity contribution < 1.29 is 10.2 Å². The molecule has 0 aromatic carbocycles. The van der Waals surface area contributed by atoms with Gasteiger partial charge in [0, 0.05) is 6.42 Å². The predicted octanol–water partition coefficient (Wildman–Crippen LogP) is 0.966. The molecule has 2 nitrogen and oxygen atoms in total. The monoisotopic (exact) mass is 117 g/mol. The number of aliphatic hydroxyl groups is 1. The highest BCUT2D eigenvalue weighted by Gasteiger charge is 2.17. The van der Waals surface area contributed by atoms with Crippen molar-refractivity contribution in [3.8, 4) is 0 Å². The van der Waals surface area contributed by atoms with Gasteiger partial charge in [-0.2, -0.15) is 0 Å². The van der Waals surface area contributed by atoms with Crippen molar-refractivity contribution >= 4 is 0 Å². The second kappa shape index (κ2) is 2.46. The van der Waals surface area contributed by atoms with Crippen LogP contribution in [-0.4, -0.2) is 16.8 Å². The van der Waals surface area contributed by atoms with Gasteiger partial charge in [-0.1, -0.05) is 0 Å². The van der Waals surface area contributed by atoms with Crippen LogP contribution >= 0.6 is 0 Å². The highest BCUT2D eigenvalue weighted by Crippen LogP contribution is 2.10. The van der Waals surface area contributed by atoms with E-state index in [2.05, 4.69) is 0 Å². The number of aliphatic hydroxyl groups excluding tert-OH is 1. The summed E-state index contributed by atoms with van der Waals surface area (Å²) in [5, 5.41) is 19.4. The van der Waals surface area contributed by atoms with E-state index in [1.807, 2.05) is 0 Å². The standard InChI is InChI=1S/C6H13O2/c1-5(7)4-6(2,3)8/h5,7H,4H2,1-3H3. The Balaban J connectivity index is 3.39. The summed E-state index contributed by atoms with van der Waals surface area (Å²) in [7, 11) is 0. The molecule has 49 valence electrons. The van der Waals surface area contributed by atoms with Crippen LogP contribution in [0.3, 0.4) is 0 Å². The summed E-state index contributed by atoms with van der Waals surface area (Å²) in [6.45, 7) is 4.76. The third kappa shape index (κ3) is 5.92. The molecule has 0 fully saturated rings. The van der Waals surface area contributed by atoms with E-state index >= 15 is 0 Å². The summed E-state index contributed by atoms with van der Waals surface area (Å²) in [5.41, 5.74) is -0.978. The van der Waals surface area contributed by atoms with Gasteiger partial charge in [0.2, 0.25) is 0 Å². The Hall–Kier alpha value is -0.0800. The Morgan fingerprint density at radius 3 is 2.00 bits per heavy atom. The molecule has 0 aromatic rings. The molecular weight excluding hydrogens is 104 g/mol. The lowest BCUT2D eigenvalue weighted by Crippen LogP contribution is -2.22. The molecule has 1 N–H and O–H groups in total. The van der Waals surface area contributed by atoms with E-state index < -0.39 is 11.7 Å². The molecule has 1 radical (unpaired) electrons. The molecule has 0 spiro atoms. The zero-order valence-electron chi connectivity index (χ0n) is 5.64. The maximum atomic E-state index is 10.8. The average Bonchev–Trinajstić information content (AvgIpc) is 1.21. The van der Waals surface area contributed by atoms with E-state index in [9.17, 15) is 5.11 Å². The minimum absolute atomic E-state index is 0.326. The molecule has 0 rings (SSSR count). The Kier molecular flexibility index (Phi) is 2.44. The van der Waals surface area contributed by atoms with E-state index in [1.54, 1.807) is 20.8 Å². The Morgan fingerprint density at radius 1 is 1.62 bits per heavy atom. The van der Waals surface area contributed by atoms with Gasteiger partial charge in [0.05, 0.1) is 6.10 Å². The first-order chi connectivity index (χ1) is 3.42. The molecule has 0 saturated heterocycles. The van der Waals surface area contributed by atoms with Crippen molar-refractivity contribution in [2.45, 2.75) is 38.9 Å². The van der Waals surface area contributed by atoms with Crippen LogP contribution in [-0.2, 0) is 5.11 Å². The van der Waals surface area contributed by atoms with Gasteiger partial charge in [0.25, 0.3) is 0 Å². The second-order valence-electron chi connectivity index (χ2n) is 2.81. The SMILES string of the molecule is CC(O)CC(C)(C)[O]. The molecule has 0 aromatic heterocycles. The lowest BCUT2D eigenvalue weighted by molar-refractivity contribution is -0.0317. The third-order valence-electron chi connectivity index (χ3n) is 0.787. The quantitative estimate of drug-likeness (QED) is 0.575. The van der Waals surface area contributed by atoms with Crippen LogP contribution in [0, 0.1) is 0 Å². The normalized spacial score (nSPS) is 16.1. The summed E-state index contributed by atoms with van der Waals surface area (Å²) in [6, 6.07) is 0. The van der Waals surface area contributed by atoms with E-state index in [4.69, 9.17) is 5.11 Å². The van der Waals surface area contributed by atoms with E-state index in [1.165, 1.54) is 0 Å². The van der Waals surface area contributed by atoms with Crippen molar-refractivity contribution in [3.05, 3.63) is 0 Å². The highest BCUT2D eigenvalue weighted by molar-refractivity contribution is 4.66. The Morgan fingerprint density at radius 2 is 2.00 bits per heavy atom. The van der Waals surface area contributed by atoms with Crippen LogP contribution in [0.5, 0.6) is 0 Å². The van der Waals surface area contributed by atoms with Crippen molar-refractivity contribution in [1.82, 2.24) is 0 Å². The summed E-state index contributed by atoms with van der Waals surface area (Å²) < 4.78 is 0. The van der Waals surface area contributed by atoms with Crippen LogP contribution in [0.4, 0.5) is 0 Å². The lowest BCUT2D eigenvalue weighted by atomic mass is 10.0. The molecule has 0 aliphatic heterocycles. The van der Waals surface area contributed by atoms with Crippen LogP contribution in [0.15, 0.2) is 0 Å². The van der Waals surface area contributed by atoms with Crippen molar-refractivity contribution in [3.63, 3.8) is 0 Å². The van der Waals surface area contributed by atoms with Crippen molar-refractivity contribution in [2.24, 2.45) is 0 Å². The molecule has 0 aliphatic rings. The van der Waals surface area contributed by atoms with Crippen LogP contribution in [0.1, 0.15) is 27.2 Å². The van der Waals surface area contributed by atoms with E-state index in [0.717, 1.165) is 0 Å². The number of rotatable bonds is 2. The highest BCUT2D eigenvalue weighted by atomic mass is 16.3. The van der Waals surface area contributed by atoms with Gasteiger partial charge in [-0.3, -0.25) is 0 Å². The van der Waals surface area contributed by atoms with Crippen LogP contribution < -0.4 is 0 Å². The fourth-order valence-corrected chi connectivity index (χ4v) is 0.711. The average molecular weight is 117 g/mol. The van der Waals surface area contributed by atoms with Gasteiger partial charge in [-0.15, -0.1) is 0 Å². The topological polar surface area (TPSA) is 40.1 Å². The molecule has 0 amide bonds. The minimum atomic E-state index is -0.978. The molecule has 2 heteroatoms. The fraction of sp³-hybridized carbons (Fsp3) is 1.00. The summed E-state index contributed by atoms with van der Waals surface area (Å²) in [5.74, 6) is 0. The number of hydrogen-bond donors (Lipinski definition) is 1. The smallest absolute Gasteiger partial charge is 0.100 e. The molecule has 0 saturated carbocycles. The van der Waals surface area contributed by atoms with Gasteiger partial charge in [0.1, 0.15) is 5.60 Å². The third-order valence-corrected chi connectivity index (χ3v) is 0.787. The zero-order chi connectivity index (χ0) is 6.78. The molecule has 0 bridgehead atoms. The molecule has 0 heterocycles. The molecule has 8 heavy (non-hydrogen) atoms. The Bertz CT molecular complexity index is 61.4. The largest absolute Gasteiger partial charge is 0.393 e. The van der Waals surface area contributed by atoms with Crippen LogP contribution in [0.2, 0.25) is 0 Å². The predicted molar refractivity (Wildman–Crippen MR) is 31.1 cm³/mol. The van der Waals surface area contributed by atoms with Crippen LogP contribution in [0.25, 0.3) is 0 Å². The van der Waals surface area contributed by atoms with Crippen molar-refractivity contribution in [1.29, 1.82) is 0 Å². The maximum absolute atomic E-state index is 10.8. The first kappa shape index (κ1) is 7.92. The Labute approximate surface area is 50.2 Å². The summed E-state index contributed by atoms with van der Waals surface area (Å²) in [6.07, 6.45) is -0.144. The zero-order valence-corrected chi connectivity index (χ0v) is 5.64. The van der Waals surface area contributed by atoms with Gasteiger partial charge in [-0.05, 0) is 20.8 Å². The fourth-order valence-electron chi connectivity index (χ4n) is 0.711. The summed E-state index contributed by atoms with van der Waals surface area (Å²) in [4.78, 5) is 0. The first-order valence-electron chi connectivity index (χ1n) is 2.80. The summed E-state index contributed by atoms with van der Waals surface area (Å²) >= 11 is 0. The maximum Gasteiger partial charge on any atom is 0.100 e. The molecule has 1 atom stereocenters. The lowest BCUT2D eigenvalue weighted by Gasteiger charge is -2.14. The molecule has 1 unspecified atom stereocenters. The van der Waals surface area contributed by atoms with Gasteiger partial charge in [0.15, 0.2) is 0 Å². The van der Waals surface area contributed by atoms with Gasteiger partial charge < -0.3 is 5.11 Å². The second-order valence-corrected chi connectivity index (χ2v) is 2.81. The first-order valence-corrected chi connectivity index (χ1v) is 2.80. The van der Waals surface area contributed by atoms with Gasteiger partial charge >= 0.3 is 0 Å². The van der Waals surface area contributed by atoms with Crippen molar-refractivity contribution in [2.75, 3.05) is 0 Å². The minimum Gasteiger partial charge on any atom is -0.393 e. The molecule has 0 aliphatic carbocycles. The van der Waals surface area contributed by atoms with Gasteiger partial charge in [-0.25, -0.2) is 5.11 Å². The number of hydrogen-bond acceptors (Lipinski definition) is 1. The van der Waals surface area contributed by atoms with E-state index in [0.29, 0.717) is 6.42 Å². The molecular formula is C6H13O2.